The molecule has 1 saturated heterocycles. The van der Waals surface area contributed by atoms with Crippen LogP contribution < -0.4 is 4.74 Å². The van der Waals surface area contributed by atoms with Gasteiger partial charge in [-0.1, -0.05) is 6.07 Å². The SMILES string of the molecule is CCOc1cc2c(cc1CN1CCC3(CC1)[C@H](O)C[C@@H]3O)CCC2. The molecule has 0 amide bonds. The zero-order valence-corrected chi connectivity index (χ0v) is 14.6. The average Bonchev–Trinajstić information content (AvgIpc) is 3.03. The summed E-state index contributed by atoms with van der Waals surface area (Å²) in [7, 11) is 0. The predicted octanol–water partition coefficient (Wildman–Crippen LogP) is 2.28. The van der Waals surface area contributed by atoms with Gasteiger partial charge in [0.05, 0.1) is 18.8 Å². The number of hydrogen-bond donors (Lipinski definition) is 2. The van der Waals surface area contributed by atoms with Crippen molar-refractivity contribution in [1.29, 1.82) is 0 Å². The molecule has 2 N–H and O–H groups in total. The molecule has 2 atom stereocenters. The molecular weight excluding hydrogens is 302 g/mol. The minimum atomic E-state index is -0.311. The number of likely N-dealkylation sites (tertiary alicyclic amines) is 1. The van der Waals surface area contributed by atoms with Gasteiger partial charge in [0.15, 0.2) is 0 Å². The minimum Gasteiger partial charge on any atom is -0.494 e. The summed E-state index contributed by atoms with van der Waals surface area (Å²) in [5.74, 6) is 1.04. The van der Waals surface area contributed by atoms with Crippen molar-refractivity contribution in [2.24, 2.45) is 5.41 Å². The first-order valence-corrected chi connectivity index (χ1v) is 9.48. The van der Waals surface area contributed by atoms with Gasteiger partial charge in [-0.15, -0.1) is 0 Å². The van der Waals surface area contributed by atoms with Crippen LogP contribution >= 0.6 is 0 Å². The molecule has 4 rings (SSSR count). The molecule has 0 radical (unpaired) electrons. The molecular formula is C20H29NO3. The second kappa shape index (κ2) is 6.32. The van der Waals surface area contributed by atoms with E-state index >= 15 is 0 Å². The zero-order valence-electron chi connectivity index (χ0n) is 14.6. The Morgan fingerprint density at radius 2 is 1.79 bits per heavy atom. The van der Waals surface area contributed by atoms with Crippen LogP contribution in [0.25, 0.3) is 0 Å². The Labute approximate surface area is 144 Å². The van der Waals surface area contributed by atoms with Crippen molar-refractivity contribution in [3.63, 3.8) is 0 Å². The summed E-state index contributed by atoms with van der Waals surface area (Å²) in [5, 5.41) is 20.2. The van der Waals surface area contributed by atoms with Crippen LogP contribution in [0.3, 0.4) is 0 Å². The van der Waals surface area contributed by atoms with Crippen molar-refractivity contribution in [3.8, 4) is 5.75 Å². The molecule has 4 heteroatoms. The Balaban J connectivity index is 1.46. The highest BCUT2D eigenvalue weighted by molar-refractivity contribution is 5.45. The quantitative estimate of drug-likeness (QED) is 0.889. The van der Waals surface area contributed by atoms with E-state index in [1.165, 1.54) is 36.0 Å². The van der Waals surface area contributed by atoms with Gasteiger partial charge in [-0.05, 0) is 69.3 Å². The maximum absolute atomic E-state index is 10.1. The average molecular weight is 331 g/mol. The number of piperidine rings is 1. The summed E-state index contributed by atoms with van der Waals surface area (Å²) >= 11 is 0. The lowest BCUT2D eigenvalue weighted by atomic mass is 9.58. The monoisotopic (exact) mass is 331 g/mol. The summed E-state index contributed by atoms with van der Waals surface area (Å²) < 4.78 is 5.90. The molecule has 1 aromatic carbocycles. The van der Waals surface area contributed by atoms with E-state index in [1.807, 2.05) is 6.92 Å². The molecule has 1 spiro atoms. The van der Waals surface area contributed by atoms with Crippen molar-refractivity contribution in [2.75, 3.05) is 19.7 Å². The molecule has 2 aliphatic carbocycles. The van der Waals surface area contributed by atoms with Gasteiger partial charge in [-0.2, -0.15) is 0 Å². The van der Waals surface area contributed by atoms with Crippen molar-refractivity contribution < 1.29 is 14.9 Å². The maximum atomic E-state index is 10.1. The van der Waals surface area contributed by atoms with E-state index in [-0.39, 0.29) is 17.6 Å². The molecule has 1 aliphatic heterocycles. The number of nitrogens with zero attached hydrogens (tertiary/aromatic N) is 1. The number of rotatable bonds is 4. The van der Waals surface area contributed by atoms with E-state index in [2.05, 4.69) is 17.0 Å². The standard InChI is InChI=1S/C20H29NO3/c1-2-24-17-11-15-5-3-4-14(15)10-16(17)13-21-8-6-20(7-9-21)18(22)12-19(20)23/h10-11,18-19,22-23H,2-9,12-13H2,1H3/t18-,19+. The fourth-order valence-corrected chi connectivity index (χ4v) is 4.84. The summed E-state index contributed by atoms with van der Waals surface area (Å²) in [6.07, 6.45) is 5.34. The smallest absolute Gasteiger partial charge is 0.124 e. The number of aliphatic hydroxyl groups is 2. The molecule has 1 saturated carbocycles. The van der Waals surface area contributed by atoms with E-state index in [9.17, 15) is 10.2 Å². The first-order valence-electron chi connectivity index (χ1n) is 9.48. The van der Waals surface area contributed by atoms with Crippen LogP contribution in [-0.4, -0.2) is 47.0 Å². The molecule has 1 aromatic rings. The van der Waals surface area contributed by atoms with Crippen LogP contribution in [-0.2, 0) is 19.4 Å². The van der Waals surface area contributed by atoms with Gasteiger partial charge < -0.3 is 14.9 Å². The number of aryl methyl sites for hydroxylation is 2. The van der Waals surface area contributed by atoms with Gasteiger partial charge in [-0.3, -0.25) is 4.90 Å². The van der Waals surface area contributed by atoms with Crippen LogP contribution in [0.4, 0.5) is 0 Å². The van der Waals surface area contributed by atoms with E-state index < -0.39 is 0 Å². The van der Waals surface area contributed by atoms with Crippen molar-refractivity contribution >= 4 is 0 Å². The predicted molar refractivity (Wildman–Crippen MR) is 93.2 cm³/mol. The molecule has 4 nitrogen and oxygen atoms in total. The highest BCUT2D eigenvalue weighted by Crippen LogP contribution is 2.49. The van der Waals surface area contributed by atoms with E-state index in [1.54, 1.807) is 0 Å². The molecule has 24 heavy (non-hydrogen) atoms. The highest BCUT2D eigenvalue weighted by Gasteiger charge is 2.54. The molecule has 0 unspecified atom stereocenters. The largest absolute Gasteiger partial charge is 0.494 e. The lowest BCUT2D eigenvalue weighted by Crippen LogP contribution is -2.61. The Morgan fingerprint density at radius 3 is 2.42 bits per heavy atom. The van der Waals surface area contributed by atoms with Gasteiger partial charge in [0.25, 0.3) is 0 Å². The van der Waals surface area contributed by atoms with Gasteiger partial charge in [0.1, 0.15) is 5.75 Å². The molecule has 3 aliphatic rings. The second-order valence-corrected chi connectivity index (χ2v) is 7.79. The lowest BCUT2D eigenvalue weighted by molar-refractivity contribution is -0.190. The summed E-state index contributed by atoms with van der Waals surface area (Å²) in [6.45, 7) is 5.53. The molecule has 1 heterocycles. The number of ether oxygens (including phenoxy) is 1. The third-order valence-electron chi connectivity index (χ3n) is 6.53. The van der Waals surface area contributed by atoms with Crippen LogP contribution in [0.15, 0.2) is 12.1 Å². The summed E-state index contributed by atoms with van der Waals surface area (Å²) in [5.41, 5.74) is 4.02. The Morgan fingerprint density at radius 1 is 1.12 bits per heavy atom. The first-order chi connectivity index (χ1) is 11.6. The molecule has 0 aromatic heterocycles. The van der Waals surface area contributed by atoms with Gasteiger partial charge >= 0.3 is 0 Å². The fourth-order valence-electron chi connectivity index (χ4n) is 4.84. The second-order valence-electron chi connectivity index (χ2n) is 7.79. The van der Waals surface area contributed by atoms with Crippen molar-refractivity contribution in [3.05, 3.63) is 28.8 Å². The van der Waals surface area contributed by atoms with Gasteiger partial charge in [0.2, 0.25) is 0 Å². The number of aliphatic hydroxyl groups excluding tert-OH is 2. The number of benzene rings is 1. The first kappa shape index (κ1) is 16.4. The summed E-state index contributed by atoms with van der Waals surface area (Å²) in [4.78, 5) is 2.45. The van der Waals surface area contributed by atoms with Crippen LogP contribution in [0.5, 0.6) is 5.75 Å². The van der Waals surface area contributed by atoms with Crippen molar-refractivity contribution in [1.82, 2.24) is 4.90 Å². The summed E-state index contributed by atoms with van der Waals surface area (Å²) in [6, 6.07) is 4.61. The zero-order chi connectivity index (χ0) is 16.7. The Bertz CT molecular complexity index is 597. The number of fused-ring (bicyclic) bond motifs is 1. The fraction of sp³-hybridized carbons (Fsp3) is 0.700. The van der Waals surface area contributed by atoms with Crippen LogP contribution in [0.2, 0.25) is 0 Å². The molecule has 2 fully saturated rings. The third-order valence-corrected chi connectivity index (χ3v) is 6.53. The third kappa shape index (κ3) is 2.65. The van der Waals surface area contributed by atoms with E-state index in [0.29, 0.717) is 13.0 Å². The maximum Gasteiger partial charge on any atom is 0.124 e. The van der Waals surface area contributed by atoms with Crippen LogP contribution in [0, 0.1) is 5.41 Å². The normalized spacial score (nSPS) is 28.6. The van der Waals surface area contributed by atoms with Gasteiger partial charge in [0, 0.05) is 23.9 Å². The molecule has 132 valence electrons. The topological polar surface area (TPSA) is 52.9 Å². The highest BCUT2D eigenvalue weighted by atomic mass is 16.5. The van der Waals surface area contributed by atoms with E-state index in [4.69, 9.17) is 4.74 Å². The van der Waals surface area contributed by atoms with Crippen molar-refractivity contribution in [2.45, 2.75) is 64.2 Å². The van der Waals surface area contributed by atoms with E-state index in [0.717, 1.165) is 38.2 Å². The Hall–Kier alpha value is -1.10. The minimum absolute atomic E-state index is 0.225. The Kier molecular flexibility index (Phi) is 4.31. The number of hydrogen-bond acceptors (Lipinski definition) is 4. The molecule has 0 bridgehead atoms. The lowest BCUT2D eigenvalue weighted by Gasteiger charge is -2.55. The van der Waals surface area contributed by atoms with Crippen LogP contribution in [0.1, 0.15) is 49.3 Å². The van der Waals surface area contributed by atoms with Gasteiger partial charge in [-0.25, -0.2) is 0 Å².